The number of aromatic nitrogens is 1. The second kappa shape index (κ2) is 7.49. The molecular weight excluding hydrogens is 428 g/mol. The molecule has 27 heavy (non-hydrogen) atoms. The number of aromatic amines is 1. The van der Waals surface area contributed by atoms with E-state index in [1.54, 1.807) is 24.3 Å². The molecule has 0 unspecified atom stereocenters. The van der Waals surface area contributed by atoms with Crippen LogP contribution in [-0.4, -0.2) is 28.1 Å². The lowest BCUT2D eigenvalue weighted by Crippen LogP contribution is -2.35. The summed E-state index contributed by atoms with van der Waals surface area (Å²) in [4.78, 5) is 30.3. The average Bonchev–Trinajstić information content (AvgIpc) is 3.06. The number of carbonyl (C=O) groups excluding carboxylic acids is 2. The Kier molecular flexibility index (Phi) is 5.06. The zero-order valence-electron chi connectivity index (χ0n) is 14.6. The van der Waals surface area contributed by atoms with Crippen molar-refractivity contribution in [2.24, 2.45) is 0 Å². The molecule has 3 aromatic rings. The van der Waals surface area contributed by atoms with Crippen LogP contribution in [0.1, 0.15) is 34.5 Å². The molecule has 0 saturated heterocycles. The van der Waals surface area contributed by atoms with Crippen molar-refractivity contribution < 1.29 is 9.59 Å². The van der Waals surface area contributed by atoms with Crippen molar-refractivity contribution in [1.82, 2.24) is 9.88 Å². The van der Waals surface area contributed by atoms with Gasteiger partial charge in [-0.2, -0.15) is 0 Å². The zero-order chi connectivity index (χ0) is 19.0. The van der Waals surface area contributed by atoms with E-state index in [0.29, 0.717) is 23.7 Å². The van der Waals surface area contributed by atoms with Gasteiger partial charge in [0.1, 0.15) is 0 Å². The van der Waals surface area contributed by atoms with Gasteiger partial charge in [0.2, 0.25) is 5.91 Å². The third kappa shape index (κ3) is 3.66. The second-order valence-electron chi connectivity index (χ2n) is 6.74. The lowest BCUT2D eigenvalue weighted by Gasteiger charge is -2.27. The highest BCUT2D eigenvalue weighted by Gasteiger charge is 2.24. The van der Waals surface area contributed by atoms with E-state index in [9.17, 15) is 9.59 Å². The van der Waals surface area contributed by atoms with E-state index in [-0.39, 0.29) is 24.5 Å². The molecule has 0 saturated carbocycles. The minimum Gasteiger partial charge on any atom is -0.357 e. The van der Waals surface area contributed by atoms with Gasteiger partial charge in [0, 0.05) is 64.1 Å². The van der Waals surface area contributed by atoms with E-state index >= 15 is 0 Å². The fourth-order valence-electron chi connectivity index (χ4n) is 3.57. The SMILES string of the molecule is O=C(CCC(=O)N1CCc2[nH]c3c(Br)cccc3c2C1)c1ccc(Cl)cc1. The predicted octanol–water partition coefficient (Wildman–Crippen LogP) is 5.13. The Morgan fingerprint density at radius 2 is 1.89 bits per heavy atom. The summed E-state index contributed by atoms with van der Waals surface area (Å²) < 4.78 is 1.03. The summed E-state index contributed by atoms with van der Waals surface area (Å²) in [5.41, 5.74) is 4.04. The number of H-pyrrole nitrogens is 1. The molecule has 1 aromatic heterocycles. The molecule has 0 spiro atoms. The molecule has 2 aromatic carbocycles. The summed E-state index contributed by atoms with van der Waals surface area (Å²) in [5, 5.41) is 1.74. The van der Waals surface area contributed by atoms with E-state index < -0.39 is 0 Å². The van der Waals surface area contributed by atoms with Gasteiger partial charge in [0.25, 0.3) is 0 Å². The molecule has 2 heterocycles. The minimum atomic E-state index is -0.0336. The maximum absolute atomic E-state index is 12.7. The first-order valence-corrected chi connectivity index (χ1v) is 10.0. The van der Waals surface area contributed by atoms with E-state index in [2.05, 4.69) is 27.0 Å². The summed E-state index contributed by atoms with van der Waals surface area (Å²) in [5.74, 6) is -0.0129. The molecule has 0 bridgehead atoms. The number of hydrogen-bond donors (Lipinski definition) is 1. The van der Waals surface area contributed by atoms with Crippen LogP contribution >= 0.6 is 27.5 Å². The summed E-state index contributed by atoms with van der Waals surface area (Å²) >= 11 is 9.43. The largest absolute Gasteiger partial charge is 0.357 e. The van der Waals surface area contributed by atoms with E-state index in [1.165, 1.54) is 11.3 Å². The molecule has 6 heteroatoms. The fourth-order valence-corrected chi connectivity index (χ4v) is 4.17. The molecule has 0 aliphatic carbocycles. The monoisotopic (exact) mass is 444 g/mol. The molecule has 1 aliphatic heterocycles. The highest BCUT2D eigenvalue weighted by molar-refractivity contribution is 9.10. The van der Waals surface area contributed by atoms with Crippen molar-refractivity contribution in [3.05, 3.63) is 68.8 Å². The van der Waals surface area contributed by atoms with Crippen molar-refractivity contribution in [1.29, 1.82) is 0 Å². The zero-order valence-corrected chi connectivity index (χ0v) is 16.9. The first kappa shape index (κ1) is 18.3. The van der Waals surface area contributed by atoms with Gasteiger partial charge in [0.05, 0.1) is 5.52 Å². The lowest BCUT2D eigenvalue weighted by molar-refractivity contribution is -0.132. The van der Waals surface area contributed by atoms with Crippen LogP contribution in [0.15, 0.2) is 46.9 Å². The van der Waals surface area contributed by atoms with Gasteiger partial charge in [0.15, 0.2) is 5.78 Å². The van der Waals surface area contributed by atoms with Crippen LogP contribution in [0.3, 0.4) is 0 Å². The second-order valence-corrected chi connectivity index (χ2v) is 8.03. The fraction of sp³-hybridized carbons (Fsp3) is 0.238. The van der Waals surface area contributed by atoms with E-state index in [0.717, 1.165) is 21.8 Å². The van der Waals surface area contributed by atoms with Crippen LogP contribution in [0.2, 0.25) is 5.02 Å². The maximum Gasteiger partial charge on any atom is 0.223 e. The number of fused-ring (bicyclic) bond motifs is 3. The number of carbonyl (C=O) groups is 2. The summed E-state index contributed by atoms with van der Waals surface area (Å²) in [7, 11) is 0. The Morgan fingerprint density at radius 3 is 2.67 bits per heavy atom. The van der Waals surface area contributed by atoms with Gasteiger partial charge >= 0.3 is 0 Å². The first-order valence-electron chi connectivity index (χ1n) is 8.87. The highest BCUT2D eigenvalue weighted by atomic mass is 79.9. The van der Waals surface area contributed by atoms with E-state index in [1.807, 2.05) is 17.0 Å². The minimum absolute atomic E-state index is 0.0207. The van der Waals surface area contributed by atoms with Gasteiger partial charge in [-0.3, -0.25) is 9.59 Å². The lowest BCUT2D eigenvalue weighted by atomic mass is 10.0. The number of benzene rings is 2. The maximum atomic E-state index is 12.7. The topological polar surface area (TPSA) is 53.2 Å². The predicted molar refractivity (Wildman–Crippen MR) is 110 cm³/mol. The Balaban J connectivity index is 1.43. The Labute approximate surface area is 170 Å². The van der Waals surface area contributed by atoms with Crippen LogP contribution < -0.4 is 0 Å². The number of nitrogens with zero attached hydrogens (tertiary/aromatic N) is 1. The number of nitrogens with one attached hydrogen (secondary N) is 1. The number of hydrogen-bond acceptors (Lipinski definition) is 2. The van der Waals surface area contributed by atoms with Gasteiger partial charge in [-0.15, -0.1) is 0 Å². The van der Waals surface area contributed by atoms with Gasteiger partial charge < -0.3 is 9.88 Å². The number of ketones is 1. The van der Waals surface area contributed by atoms with Crippen molar-refractivity contribution >= 4 is 50.1 Å². The van der Waals surface area contributed by atoms with Gasteiger partial charge in [-0.1, -0.05) is 23.7 Å². The molecule has 1 N–H and O–H groups in total. The molecule has 1 aliphatic rings. The molecule has 4 rings (SSSR count). The first-order chi connectivity index (χ1) is 13.0. The van der Waals surface area contributed by atoms with Crippen molar-refractivity contribution in [2.45, 2.75) is 25.8 Å². The van der Waals surface area contributed by atoms with Crippen molar-refractivity contribution in [2.75, 3.05) is 6.54 Å². The van der Waals surface area contributed by atoms with Crippen LogP contribution in [0.4, 0.5) is 0 Å². The summed E-state index contributed by atoms with van der Waals surface area (Å²) in [6.07, 6.45) is 1.24. The normalized spacial score (nSPS) is 13.6. The van der Waals surface area contributed by atoms with Crippen molar-refractivity contribution in [3.63, 3.8) is 0 Å². The summed E-state index contributed by atoms with van der Waals surface area (Å²) in [6, 6.07) is 12.9. The van der Waals surface area contributed by atoms with E-state index in [4.69, 9.17) is 11.6 Å². The third-order valence-electron chi connectivity index (χ3n) is 5.04. The molecule has 4 nitrogen and oxygen atoms in total. The number of para-hydroxylation sites is 1. The average molecular weight is 446 g/mol. The van der Waals surface area contributed by atoms with Gasteiger partial charge in [-0.05, 0) is 46.3 Å². The number of Topliss-reactive ketones (excluding diaryl/α,β-unsaturated/α-hetero) is 1. The van der Waals surface area contributed by atoms with Crippen LogP contribution in [0.25, 0.3) is 10.9 Å². The number of rotatable bonds is 4. The Morgan fingerprint density at radius 1 is 1.11 bits per heavy atom. The molecule has 0 atom stereocenters. The molecule has 0 radical (unpaired) electrons. The quantitative estimate of drug-likeness (QED) is 0.566. The van der Waals surface area contributed by atoms with Crippen LogP contribution in [0.5, 0.6) is 0 Å². The van der Waals surface area contributed by atoms with Crippen molar-refractivity contribution in [3.8, 4) is 0 Å². The molecule has 1 amide bonds. The molecular formula is C21H18BrClN2O2. The smallest absolute Gasteiger partial charge is 0.223 e. The highest BCUT2D eigenvalue weighted by Crippen LogP contribution is 2.32. The molecule has 0 fully saturated rings. The molecule has 138 valence electrons. The Hall–Kier alpha value is -2.11. The van der Waals surface area contributed by atoms with Crippen LogP contribution in [0, 0.1) is 0 Å². The number of amides is 1. The number of halogens is 2. The standard InChI is InChI=1S/C21H18BrClN2O2/c22-17-3-1-2-15-16-12-25(11-10-18(16)24-21(15)17)20(27)9-8-19(26)13-4-6-14(23)7-5-13/h1-7,24H,8-12H2. The van der Waals surface area contributed by atoms with Crippen LogP contribution in [-0.2, 0) is 17.8 Å². The third-order valence-corrected chi connectivity index (χ3v) is 5.96. The van der Waals surface area contributed by atoms with Gasteiger partial charge in [-0.25, -0.2) is 0 Å². The summed E-state index contributed by atoms with van der Waals surface area (Å²) in [6.45, 7) is 1.26. The Bertz CT molecular complexity index is 1030.